The zero-order chi connectivity index (χ0) is 24.8. The van der Waals surface area contributed by atoms with Gasteiger partial charge in [-0.1, -0.05) is 36.4 Å². The summed E-state index contributed by atoms with van der Waals surface area (Å²) in [6, 6.07) is 22.7. The van der Waals surface area contributed by atoms with Gasteiger partial charge in [-0.3, -0.25) is 4.79 Å². The Balaban J connectivity index is 1.41. The number of benzene rings is 3. The number of nitrogens with zero attached hydrogens (tertiary/aromatic N) is 2. The van der Waals surface area contributed by atoms with Gasteiger partial charge >= 0.3 is 0 Å². The second kappa shape index (κ2) is 10.8. The lowest BCUT2D eigenvalue weighted by molar-refractivity contribution is -0.127. The summed E-state index contributed by atoms with van der Waals surface area (Å²) >= 11 is 0. The van der Waals surface area contributed by atoms with E-state index in [0.717, 1.165) is 22.6 Å². The molecule has 0 spiro atoms. The Hall–Kier alpha value is -4.20. The smallest absolute Gasteiger partial charge is 0.268 e. The van der Waals surface area contributed by atoms with Crippen LogP contribution in [0.2, 0.25) is 0 Å². The molecule has 3 aromatic rings. The molecular formula is C27H30N4O4. The van der Waals surface area contributed by atoms with Crippen LogP contribution in [0.3, 0.4) is 0 Å². The summed E-state index contributed by atoms with van der Waals surface area (Å²) in [5.74, 6) is 2.12. The molecule has 8 heteroatoms. The van der Waals surface area contributed by atoms with Crippen LogP contribution in [0.1, 0.15) is 30.5 Å². The number of guanidine groups is 1. The summed E-state index contributed by atoms with van der Waals surface area (Å²) < 4.78 is 17.2. The van der Waals surface area contributed by atoms with Gasteiger partial charge in [-0.25, -0.2) is 4.99 Å². The first-order valence-electron chi connectivity index (χ1n) is 11.5. The number of amides is 1. The third-order valence-corrected chi connectivity index (χ3v) is 5.82. The Kier molecular flexibility index (Phi) is 7.40. The quantitative estimate of drug-likeness (QED) is 0.360. The van der Waals surface area contributed by atoms with Gasteiger partial charge in [-0.15, -0.1) is 0 Å². The number of methoxy groups -OCH3 is 1. The maximum absolute atomic E-state index is 13.4. The average molecular weight is 475 g/mol. The first-order chi connectivity index (χ1) is 16.9. The van der Waals surface area contributed by atoms with Gasteiger partial charge in [-0.2, -0.15) is 0 Å². The maximum atomic E-state index is 13.4. The number of para-hydroxylation sites is 2. The van der Waals surface area contributed by atoms with Crippen LogP contribution in [0.25, 0.3) is 0 Å². The molecule has 2 atom stereocenters. The molecule has 3 aromatic carbocycles. The highest BCUT2D eigenvalue weighted by Gasteiger charge is 2.34. The number of rotatable bonds is 9. The van der Waals surface area contributed by atoms with Gasteiger partial charge < -0.3 is 30.6 Å². The third-order valence-electron chi connectivity index (χ3n) is 5.82. The van der Waals surface area contributed by atoms with Crippen LogP contribution < -0.4 is 30.6 Å². The predicted octanol–water partition coefficient (Wildman–Crippen LogP) is 3.79. The minimum absolute atomic E-state index is 0.0533. The number of fused-ring (bicyclic) bond motifs is 1. The van der Waals surface area contributed by atoms with E-state index in [-0.39, 0.29) is 17.9 Å². The van der Waals surface area contributed by atoms with Crippen molar-refractivity contribution in [1.82, 2.24) is 0 Å². The van der Waals surface area contributed by atoms with Gasteiger partial charge in [-0.05, 0) is 54.4 Å². The van der Waals surface area contributed by atoms with E-state index >= 15 is 0 Å². The van der Waals surface area contributed by atoms with E-state index in [1.54, 1.807) is 12.0 Å². The van der Waals surface area contributed by atoms with Crippen molar-refractivity contribution >= 4 is 17.6 Å². The topological polar surface area (TPSA) is 112 Å². The van der Waals surface area contributed by atoms with Crippen molar-refractivity contribution in [2.75, 3.05) is 18.6 Å². The number of anilines is 1. The van der Waals surface area contributed by atoms with Crippen LogP contribution in [0, 0.1) is 0 Å². The van der Waals surface area contributed by atoms with Crippen molar-refractivity contribution < 1.29 is 19.0 Å². The molecule has 0 saturated carbocycles. The fourth-order valence-corrected chi connectivity index (χ4v) is 3.96. The lowest BCUT2D eigenvalue weighted by Gasteiger charge is -2.34. The van der Waals surface area contributed by atoms with E-state index in [1.165, 1.54) is 0 Å². The molecule has 1 aliphatic rings. The van der Waals surface area contributed by atoms with Crippen molar-refractivity contribution in [2.45, 2.75) is 32.0 Å². The van der Waals surface area contributed by atoms with Gasteiger partial charge in [0.2, 0.25) is 0 Å². The second-order valence-electron chi connectivity index (χ2n) is 8.28. The maximum Gasteiger partial charge on any atom is 0.268 e. The zero-order valence-corrected chi connectivity index (χ0v) is 19.9. The Labute approximate surface area is 205 Å². The van der Waals surface area contributed by atoms with E-state index in [9.17, 15) is 4.79 Å². The predicted molar refractivity (Wildman–Crippen MR) is 136 cm³/mol. The molecule has 0 aromatic heterocycles. The Morgan fingerprint density at radius 3 is 2.40 bits per heavy atom. The standard InChI is InChI=1S/C27H30N4O4/c1-18(30-27(28)29)20-9-13-22(14-10-20)34-16-15-25-26(32)31(23-5-3-4-6-24(23)35-25)17-19-7-11-21(33-2)12-8-19/h3-14,18,25H,15-17H2,1-2H3,(H4,28,29,30). The summed E-state index contributed by atoms with van der Waals surface area (Å²) in [7, 11) is 1.63. The molecule has 0 aliphatic carbocycles. The third kappa shape index (κ3) is 5.84. The highest BCUT2D eigenvalue weighted by Crippen LogP contribution is 2.35. The molecule has 0 radical (unpaired) electrons. The van der Waals surface area contributed by atoms with Gasteiger partial charge in [0.1, 0.15) is 17.2 Å². The molecule has 2 unspecified atom stereocenters. The number of hydrogen-bond donors (Lipinski definition) is 2. The molecule has 0 bridgehead atoms. The highest BCUT2D eigenvalue weighted by atomic mass is 16.5. The van der Waals surface area contributed by atoms with Gasteiger partial charge in [0.25, 0.3) is 5.91 Å². The van der Waals surface area contributed by atoms with Gasteiger partial charge in [0.05, 0.1) is 32.0 Å². The van der Waals surface area contributed by atoms with Crippen molar-refractivity contribution in [2.24, 2.45) is 16.5 Å². The molecule has 0 saturated heterocycles. The summed E-state index contributed by atoms with van der Waals surface area (Å²) in [6.45, 7) is 2.69. The Morgan fingerprint density at radius 1 is 1.03 bits per heavy atom. The van der Waals surface area contributed by atoms with E-state index in [2.05, 4.69) is 4.99 Å². The van der Waals surface area contributed by atoms with Crippen LogP contribution >= 0.6 is 0 Å². The summed E-state index contributed by atoms with van der Waals surface area (Å²) in [4.78, 5) is 19.3. The van der Waals surface area contributed by atoms with E-state index < -0.39 is 6.10 Å². The summed E-state index contributed by atoms with van der Waals surface area (Å²) in [6.07, 6.45) is -0.220. The number of hydrogen-bond acceptors (Lipinski definition) is 5. The number of carbonyl (C=O) groups is 1. The normalized spacial score (nSPS) is 15.5. The minimum Gasteiger partial charge on any atom is -0.497 e. The molecule has 182 valence electrons. The molecular weight excluding hydrogens is 444 g/mol. The number of ether oxygens (including phenoxy) is 3. The van der Waals surface area contributed by atoms with Crippen LogP contribution in [-0.2, 0) is 11.3 Å². The SMILES string of the molecule is COc1ccc(CN2C(=O)C(CCOc3ccc(C(C)N=C(N)N)cc3)Oc3ccccc32)cc1. The molecule has 0 fully saturated rings. The average Bonchev–Trinajstić information content (AvgIpc) is 2.86. The van der Waals surface area contributed by atoms with Crippen LogP contribution in [0.15, 0.2) is 77.8 Å². The molecule has 1 amide bonds. The van der Waals surface area contributed by atoms with E-state index in [0.29, 0.717) is 31.1 Å². The van der Waals surface area contributed by atoms with Crippen molar-refractivity contribution in [3.05, 3.63) is 83.9 Å². The Morgan fingerprint density at radius 2 is 1.71 bits per heavy atom. The summed E-state index contributed by atoms with van der Waals surface area (Å²) in [5.41, 5.74) is 13.7. The monoisotopic (exact) mass is 474 g/mol. The molecule has 1 aliphatic heterocycles. The molecule has 4 rings (SSSR count). The summed E-state index contributed by atoms with van der Waals surface area (Å²) in [5, 5.41) is 0. The molecule has 35 heavy (non-hydrogen) atoms. The Bertz CT molecular complexity index is 1170. The van der Waals surface area contributed by atoms with Crippen molar-refractivity contribution in [3.63, 3.8) is 0 Å². The number of aliphatic imine (C=N–C) groups is 1. The lowest BCUT2D eigenvalue weighted by Crippen LogP contribution is -2.46. The zero-order valence-electron chi connectivity index (χ0n) is 19.9. The highest BCUT2D eigenvalue weighted by molar-refractivity contribution is 5.99. The lowest BCUT2D eigenvalue weighted by atomic mass is 10.1. The number of nitrogens with two attached hydrogens (primary N) is 2. The fourth-order valence-electron chi connectivity index (χ4n) is 3.96. The second-order valence-corrected chi connectivity index (χ2v) is 8.28. The van der Waals surface area contributed by atoms with Gasteiger partial charge in [0.15, 0.2) is 12.1 Å². The largest absolute Gasteiger partial charge is 0.497 e. The van der Waals surface area contributed by atoms with E-state index in [4.69, 9.17) is 25.7 Å². The molecule has 1 heterocycles. The van der Waals surface area contributed by atoms with Crippen molar-refractivity contribution in [3.8, 4) is 17.2 Å². The van der Waals surface area contributed by atoms with Crippen molar-refractivity contribution in [1.29, 1.82) is 0 Å². The van der Waals surface area contributed by atoms with E-state index in [1.807, 2.05) is 79.7 Å². The first kappa shape index (κ1) is 23.9. The number of carbonyl (C=O) groups excluding carboxylic acids is 1. The van der Waals surface area contributed by atoms with Crippen LogP contribution in [0.5, 0.6) is 17.2 Å². The van der Waals surface area contributed by atoms with Crippen LogP contribution in [0.4, 0.5) is 5.69 Å². The first-order valence-corrected chi connectivity index (χ1v) is 11.5. The molecule has 8 nitrogen and oxygen atoms in total. The minimum atomic E-state index is -0.635. The fraction of sp³-hybridized carbons (Fsp3) is 0.259. The van der Waals surface area contributed by atoms with Crippen LogP contribution in [-0.4, -0.2) is 31.7 Å². The molecule has 4 N–H and O–H groups in total. The van der Waals surface area contributed by atoms with Gasteiger partial charge in [0, 0.05) is 6.42 Å².